The van der Waals surface area contributed by atoms with Crippen molar-refractivity contribution in [2.45, 2.75) is 112 Å². The Morgan fingerprint density at radius 3 is 2.45 bits per heavy atom. The van der Waals surface area contributed by atoms with E-state index >= 15 is 0 Å². The first-order chi connectivity index (χ1) is 19.8. The van der Waals surface area contributed by atoms with E-state index in [2.05, 4.69) is 15.6 Å². The molecular weight excluding hydrogens is 556 g/mol. The van der Waals surface area contributed by atoms with Crippen molar-refractivity contribution in [2.24, 2.45) is 33.7 Å². The van der Waals surface area contributed by atoms with E-state index < -0.39 is 78.8 Å². The molecule has 2 heterocycles. The van der Waals surface area contributed by atoms with Crippen molar-refractivity contribution in [1.82, 2.24) is 10.6 Å². The molecule has 2 saturated heterocycles. The number of hydrogen-bond donors (Lipinski definition) is 11. The van der Waals surface area contributed by atoms with Gasteiger partial charge in [0.2, 0.25) is 5.91 Å². The van der Waals surface area contributed by atoms with Gasteiger partial charge in [0, 0.05) is 6.04 Å². The zero-order chi connectivity index (χ0) is 31.2. The Bertz CT molecular complexity index is 902. The summed E-state index contributed by atoms with van der Waals surface area (Å²) in [6.07, 6.45) is -7.82. The van der Waals surface area contributed by atoms with Crippen LogP contribution in [0.5, 0.6) is 0 Å². The quantitative estimate of drug-likeness (QED) is 0.0728. The molecule has 1 saturated carbocycles. The third-order valence-corrected chi connectivity index (χ3v) is 8.02. The van der Waals surface area contributed by atoms with E-state index in [-0.39, 0.29) is 51.0 Å². The fraction of sp³-hybridized carbons (Fsp3) is 0.920. The lowest BCUT2D eigenvalue weighted by Crippen LogP contribution is -2.69. The Morgan fingerprint density at radius 1 is 1.12 bits per heavy atom. The molecule has 0 radical (unpaired) electrons. The maximum absolute atomic E-state index is 12.7. The highest BCUT2D eigenvalue weighted by Gasteiger charge is 2.52. The van der Waals surface area contributed by atoms with Gasteiger partial charge in [-0.3, -0.25) is 9.79 Å². The second kappa shape index (κ2) is 15.4. The van der Waals surface area contributed by atoms with E-state index in [1.807, 2.05) is 0 Å². The first kappa shape index (κ1) is 34.9. The van der Waals surface area contributed by atoms with Crippen LogP contribution in [0.15, 0.2) is 4.99 Å². The number of aliphatic hydroxyl groups excluding tert-OH is 3. The monoisotopic (exact) mass is 606 g/mol. The average Bonchev–Trinajstić information content (AvgIpc) is 2.94. The minimum atomic E-state index is -1.46. The van der Waals surface area contributed by atoms with Gasteiger partial charge in [-0.05, 0) is 46.2 Å². The first-order valence-corrected chi connectivity index (χ1v) is 14.3. The number of rotatable bonds is 12. The molecular formula is C25H50N8O9. The van der Waals surface area contributed by atoms with Crippen LogP contribution in [0.4, 0.5) is 0 Å². The molecule has 1 amide bonds. The van der Waals surface area contributed by atoms with Gasteiger partial charge in [0.1, 0.15) is 42.0 Å². The molecule has 2 aliphatic heterocycles. The van der Waals surface area contributed by atoms with Crippen molar-refractivity contribution in [1.29, 1.82) is 0 Å². The van der Waals surface area contributed by atoms with E-state index in [9.17, 15) is 25.2 Å². The van der Waals surface area contributed by atoms with Crippen LogP contribution in [0.25, 0.3) is 0 Å². The number of carbonyl (C=O) groups is 1. The van der Waals surface area contributed by atoms with E-state index in [1.165, 1.54) is 6.92 Å². The molecule has 244 valence electrons. The maximum Gasteiger partial charge on any atom is 0.249 e. The van der Waals surface area contributed by atoms with Gasteiger partial charge in [-0.2, -0.15) is 0 Å². The molecule has 3 aliphatic rings. The summed E-state index contributed by atoms with van der Waals surface area (Å²) in [5.74, 6) is -0.439. The van der Waals surface area contributed by atoms with Crippen LogP contribution in [0.2, 0.25) is 0 Å². The molecule has 0 bridgehead atoms. The minimum Gasteiger partial charge on any atom is -0.388 e. The molecule has 42 heavy (non-hydrogen) atoms. The molecule has 3 rings (SSSR count). The number of nitrogens with zero attached hydrogens (tertiary/aromatic N) is 1. The molecule has 17 nitrogen and oxygen atoms in total. The van der Waals surface area contributed by atoms with Crippen molar-refractivity contribution in [3.05, 3.63) is 0 Å². The van der Waals surface area contributed by atoms with E-state index in [0.717, 1.165) is 0 Å². The number of amidine groups is 1. The Morgan fingerprint density at radius 2 is 1.81 bits per heavy atom. The van der Waals surface area contributed by atoms with Gasteiger partial charge >= 0.3 is 0 Å². The third-order valence-electron chi connectivity index (χ3n) is 8.02. The first-order valence-electron chi connectivity index (χ1n) is 14.3. The van der Waals surface area contributed by atoms with E-state index in [0.29, 0.717) is 12.8 Å². The second-order valence-electron chi connectivity index (χ2n) is 11.5. The number of likely N-dealkylation sites (N-methyl/N-ethyl adjacent to an activating group) is 1. The molecule has 0 aromatic rings. The molecule has 13 atom stereocenters. The number of nitrogens with two attached hydrogens (primary N) is 5. The zero-order valence-electron chi connectivity index (χ0n) is 24.2. The van der Waals surface area contributed by atoms with Crippen LogP contribution >= 0.6 is 0 Å². The molecule has 3 fully saturated rings. The van der Waals surface area contributed by atoms with Crippen molar-refractivity contribution < 1.29 is 44.2 Å². The maximum atomic E-state index is 12.7. The Labute approximate surface area is 245 Å². The van der Waals surface area contributed by atoms with Crippen LogP contribution in [0, 0.1) is 0 Å². The second-order valence-corrected chi connectivity index (χ2v) is 11.5. The summed E-state index contributed by atoms with van der Waals surface area (Å²) in [7, 11) is 1.57. The smallest absolute Gasteiger partial charge is 0.249 e. The zero-order valence-corrected chi connectivity index (χ0v) is 24.2. The van der Waals surface area contributed by atoms with Crippen molar-refractivity contribution >= 4 is 11.7 Å². The molecule has 0 aromatic carbocycles. The number of aliphatic hydroxyl groups is 4. The van der Waals surface area contributed by atoms with Gasteiger partial charge in [0.15, 0.2) is 12.6 Å². The summed E-state index contributed by atoms with van der Waals surface area (Å²) in [6, 6.07) is -3.08. The summed E-state index contributed by atoms with van der Waals surface area (Å²) in [5.41, 5.74) is 28.0. The van der Waals surface area contributed by atoms with Gasteiger partial charge in [0.05, 0.1) is 43.9 Å². The van der Waals surface area contributed by atoms with Crippen LogP contribution in [-0.2, 0) is 23.7 Å². The van der Waals surface area contributed by atoms with Gasteiger partial charge in [-0.15, -0.1) is 0 Å². The number of amides is 1. The number of nitrogens with one attached hydrogen (secondary N) is 2. The SMILES string of the molecule is CN[C@@H]1C(O)[C@@H](OC2C(O)C(O[C@H]3O[C@H](CN=C(N)CN)CCC3N)[C@@H](N)C[C@H]2NC(=O)[C@@H](O)CCN)OCC1(C)O. The predicted molar refractivity (Wildman–Crippen MR) is 151 cm³/mol. The summed E-state index contributed by atoms with van der Waals surface area (Å²) < 4.78 is 23.9. The lowest BCUT2D eigenvalue weighted by Gasteiger charge is -2.49. The fourth-order valence-electron chi connectivity index (χ4n) is 5.60. The summed E-state index contributed by atoms with van der Waals surface area (Å²) in [6.45, 7) is 1.77. The van der Waals surface area contributed by atoms with Crippen LogP contribution < -0.4 is 39.3 Å². The normalized spacial score (nSPS) is 42.2. The molecule has 1 aliphatic carbocycles. The van der Waals surface area contributed by atoms with Crippen LogP contribution in [0.3, 0.4) is 0 Å². The highest BCUT2D eigenvalue weighted by Crippen LogP contribution is 2.32. The summed E-state index contributed by atoms with van der Waals surface area (Å²) >= 11 is 0. The standard InChI is InChI=1S/C25H50N8O9/c1-25(38)10-39-24(18(36)21(25)31-2)42-20-14(33-22(37)15(34)5-6-26)7-13(29)19(17(20)35)41-23-12(28)4-3-11(40-23)9-32-16(30)8-27/h11-15,17-21,23-24,31,34-36,38H,3-10,26-29H2,1-2H3,(H2,30,32)(H,33,37)/t11-,12?,13-,14+,15-,17?,18?,19?,20?,21+,23+,24+,25?/m0/s1. The van der Waals surface area contributed by atoms with Crippen LogP contribution in [0.1, 0.15) is 32.6 Å². The predicted octanol–water partition coefficient (Wildman–Crippen LogP) is -5.75. The van der Waals surface area contributed by atoms with E-state index in [4.69, 9.17) is 47.6 Å². The van der Waals surface area contributed by atoms with Gasteiger partial charge in [-0.1, -0.05) is 0 Å². The van der Waals surface area contributed by atoms with Crippen molar-refractivity contribution in [3.8, 4) is 0 Å². The Hall–Kier alpha value is -1.58. The largest absolute Gasteiger partial charge is 0.388 e. The number of hydrogen-bond acceptors (Lipinski definition) is 15. The molecule has 16 N–H and O–H groups in total. The van der Waals surface area contributed by atoms with Gasteiger partial charge in [0.25, 0.3) is 0 Å². The van der Waals surface area contributed by atoms with Gasteiger partial charge in [-0.25, -0.2) is 0 Å². The third kappa shape index (κ3) is 8.53. The average molecular weight is 607 g/mol. The van der Waals surface area contributed by atoms with Crippen molar-refractivity contribution in [2.75, 3.05) is 33.3 Å². The van der Waals surface area contributed by atoms with Crippen LogP contribution in [-0.4, -0.2) is 144 Å². The topological polar surface area (TPSA) is 301 Å². The minimum absolute atomic E-state index is 0.0207. The number of ether oxygens (including phenoxy) is 4. The fourth-order valence-corrected chi connectivity index (χ4v) is 5.60. The Balaban J connectivity index is 1.80. The summed E-state index contributed by atoms with van der Waals surface area (Å²) in [5, 5.41) is 48.8. The lowest BCUT2D eigenvalue weighted by molar-refractivity contribution is -0.307. The summed E-state index contributed by atoms with van der Waals surface area (Å²) in [4.78, 5) is 16.9. The molecule has 0 spiro atoms. The highest BCUT2D eigenvalue weighted by molar-refractivity contribution is 5.82. The number of carbonyl (C=O) groups excluding carboxylic acids is 1. The Kier molecular flexibility index (Phi) is 12.8. The molecule has 6 unspecified atom stereocenters. The highest BCUT2D eigenvalue weighted by atomic mass is 16.7. The number of aliphatic imine (C=N–C) groups is 1. The molecule has 0 aromatic heterocycles. The van der Waals surface area contributed by atoms with E-state index in [1.54, 1.807) is 7.05 Å². The van der Waals surface area contributed by atoms with Crippen molar-refractivity contribution in [3.63, 3.8) is 0 Å². The molecule has 17 heteroatoms. The van der Waals surface area contributed by atoms with Gasteiger partial charge < -0.3 is 78.7 Å². The lowest BCUT2D eigenvalue weighted by atomic mass is 9.83.